The first-order valence-corrected chi connectivity index (χ1v) is 10.5. The Morgan fingerprint density at radius 3 is 2.53 bits per heavy atom. The summed E-state index contributed by atoms with van der Waals surface area (Å²) in [7, 11) is 4.71. The molecule has 0 spiro atoms. The normalized spacial score (nSPS) is 10.7. The van der Waals surface area contributed by atoms with Crippen LogP contribution in [-0.4, -0.2) is 41.4 Å². The molecule has 0 aliphatic heterocycles. The third kappa shape index (κ3) is 4.59. The van der Waals surface area contributed by atoms with Crippen molar-refractivity contribution in [3.63, 3.8) is 0 Å². The van der Waals surface area contributed by atoms with Gasteiger partial charge >= 0.3 is 0 Å². The van der Waals surface area contributed by atoms with Gasteiger partial charge in [-0.1, -0.05) is 23.0 Å². The first-order valence-electron chi connectivity index (χ1n) is 9.54. The topological polar surface area (TPSA) is 112 Å². The van der Waals surface area contributed by atoms with Gasteiger partial charge < -0.3 is 23.7 Å². The van der Waals surface area contributed by atoms with Crippen molar-refractivity contribution in [2.75, 3.05) is 21.3 Å². The molecular weight excluding hydrogens is 432 g/mol. The molecule has 164 valence electrons. The molecule has 0 saturated heterocycles. The average molecular weight is 452 g/mol. The van der Waals surface area contributed by atoms with Crippen LogP contribution in [0.2, 0.25) is 0 Å². The fourth-order valence-corrected chi connectivity index (χ4v) is 3.74. The minimum Gasteiger partial charge on any atom is -0.497 e. The lowest BCUT2D eigenvalue weighted by Crippen LogP contribution is -2.08. The fourth-order valence-electron chi connectivity index (χ4n) is 3.03. The van der Waals surface area contributed by atoms with Crippen molar-refractivity contribution in [2.24, 2.45) is 0 Å². The van der Waals surface area contributed by atoms with Crippen molar-refractivity contribution < 1.29 is 18.7 Å². The van der Waals surface area contributed by atoms with Crippen molar-refractivity contribution in [3.05, 3.63) is 64.8 Å². The molecule has 9 nitrogen and oxygen atoms in total. The average Bonchev–Trinajstić information content (AvgIpc) is 3.30. The van der Waals surface area contributed by atoms with Crippen molar-refractivity contribution in [1.82, 2.24) is 20.1 Å². The second-order valence-corrected chi connectivity index (χ2v) is 7.47. The summed E-state index contributed by atoms with van der Waals surface area (Å²) in [6, 6.07) is 14.2. The number of para-hydroxylation sites is 1. The number of aromatic amines is 1. The Labute approximate surface area is 187 Å². The molecule has 0 atom stereocenters. The van der Waals surface area contributed by atoms with Gasteiger partial charge in [0.25, 0.3) is 5.56 Å². The van der Waals surface area contributed by atoms with Crippen LogP contribution in [0.4, 0.5) is 0 Å². The zero-order valence-electron chi connectivity index (χ0n) is 17.6. The first-order chi connectivity index (χ1) is 15.6. The van der Waals surface area contributed by atoms with Crippen molar-refractivity contribution in [3.8, 4) is 39.9 Å². The molecule has 0 saturated carbocycles. The smallest absolute Gasteiger partial charge is 0.252 e. The molecule has 0 radical (unpaired) electrons. The summed E-state index contributed by atoms with van der Waals surface area (Å²) in [6.07, 6.45) is 0. The van der Waals surface area contributed by atoms with Crippen molar-refractivity contribution in [2.45, 2.75) is 10.9 Å². The van der Waals surface area contributed by atoms with Gasteiger partial charge in [0.1, 0.15) is 5.75 Å². The van der Waals surface area contributed by atoms with E-state index in [1.807, 2.05) is 36.4 Å². The number of rotatable bonds is 8. The van der Waals surface area contributed by atoms with Crippen LogP contribution < -0.4 is 19.8 Å². The summed E-state index contributed by atoms with van der Waals surface area (Å²) in [5.74, 6) is 2.91. The second-order valence-electron chi connectivity index (χ2n) is 6.51. The Kier molecular flexibility index (Phi) is 6.41. The molecule has 0 bridgehead atoms. The van der Waals surface area contributed by atoms with Gasteiger partial charge in [-0.3, -0.25) is 4.79 Å². The highest BCUT2D eigenvalue weighted by Gasteiger charge is 2.17. The molecule has 32 heavy (non-hydrogen) atoms. The Hall–Kier alpha value is -3.79. The quantitative estimate of drug-likeness (QED) is 0.315. The molecule has 2 aromatic carbocycles. The van der Waals surface area contributed by atoms with E-state index in [0.29, 0.717) is 45.4 Å². The SMILES string of the molecule is COc1ccc(-c2cc(=O)[nH]c(SCc3nc(-c4cccc(OC)c4OC)no3)n2)cc1. The lowest BCUT2D eigenvalue weighted by molar-refractivity contribution is 0.355. The van der Waals surface area contributed by atoms with E-state index in [-0.39, 0.29) is 5.56 Å². The van der Waals surface area contributed by atoms with Crippen molar-refractivity contribution >= 4 is 11.8 Å². The fraction of sp³-hybridized carbons (Fsp3) is 0.182. The van der Waals surface area contributed by atoms with Crippen LogP contribution in [-0.2, 0) is 5.75 Å². The lowest BCUT2D eigenvalue weighted by Gasteiger charge is -2.09. The standard InChI is InChI=1S/C22H20N4O5S/c1-28-14-9-7-13(8-10-14)16-11-18(27)24-22(23-16)32-12-19-25-21(26-31-19)15-5-4-6-17(29-2)20(15)30-3/h4-11H,12H2,1-3H3,(H,23,24,27). The van der Waals surface area contributed by atoms with Gasteiger partial charge in [0, 0.05) is 11.6 Å². The Bertz CT molecular complexity index is 1270. The number of hydrogen-bond donors (Lipinski definition) is 1. The summed E-state index contributed by atoms with van der Waals surface area (Å²) in [5, 5.41) is 4.49. The van der Waals surface area contributed by atoms with Gasteiger partial charge in [-0.15, -0.1) is 0 Å². The predicted octanol–water partition coefficient (Wildman–Crippen LogP) is 3.81. The Morgan fingerprint density at radius 1 is 1.00 bits per heavy atom. The third-order valence-corrected chi connectivity index (χ3v) is 5.41. The van der Waals surface area contributed by atoms with E-state index in [4.69, 9.17) is 18.7 Å². The maximum absolute atomic E-state index is 12.1. The van der Waals surface area contributed by atoms with E-state index in [1.165, 1.54) is 17.8 Å². The Morgan fingerprint density at radius 2 is 1.81 bits per heavy atom. The monoisotopic (exact) mass is 452 g/mol. The minimum absolute atomic E-state index is 0.249. The van der Waals surface area contributed by atoms with Crippen LogP contribution in [0.15, 0.2) is 63.0 Å². The van der Waals surface area contributed by atoms with Gasteiger partial charge in [0.15, 0.2) is 16.7 Å². The maximum atomic E-state index is 12.1. The number of ether oxygens (including phenoxy) is 3. The van der Waals surface area contributed by atoms with E-state index >= 15 is 0 Å². The molecule has 4 rings (SSSR count). The molecule has 1 N–H and O–H groups in total. The summed E-state index contributed by atoms with van der Waals surface area (Å²) in [6.45, 7) is 0. The molecular formula is C22H20N4O5S. The Balaban J connectivity index is 1.52. The summed E-state index contributed by atoms with van der Waals surface area (Å²) in [5.41, 5.74) is 1.77. The molecule has 0 fully saturated rings. The molecule has 0 amide bonds. The number of hydrogen-bond acceptors (Lipinski definition) is 9. The van der Waals surface area contributed by atoms with Crippen molar-refractivity contribution in [1.29, 1.82) is 0 Å². The number of nitrogens with zero attached hydrogens (tertiary/aromatic N) is 3. The molecule has 10 heteroatoms. The zero-order valence-corrected chi connectivity index (χ0v) is 18.4. The molecule has 0 aliphatic carbocycles. The van der Waals surface area contributed by atoms with Crippen LogP contribution in [0.1, 0.15) is 5.89 Å². The van der Waals surface area contributed by atoms with Gasteiger partial charge in [-0.25, -0.2) is 4.98 Å². The number of benzene rings is 2. The van der Waals surface area contributed by atoms with Crippen LogP contribution in [0.25, 0.3) is 22.6 Å². The minimum atomic E-state index is -0.249. The summed E-state index contributed by atoms with van der Waals surface area (Å²) < 4.78 is 21.3. The maximum Gasteiger partial charge on any atom is 0.252 e. The predicted molar refractivity (Wildman–Crippen MR) is 119 cm³/mol. The second kappa shape index (κ2) is 9.56. The van der Waals surface area contributed by atoms with Gasteiger partial charge in [0.05, 0.1) is 38.3 Å². The van der Waals surface area contributed by atoms with Crippen LogP contribution in [0.5, 0.6) is 17.2 Å². The third-order valence-electron chi connectivity index (χ3n) is 4.55. The lowest BCUT2D eigenvalue weighted by atomic mass is 10.1. The van der Waals surface area contributed by atoms with Crippen LogP contribution in [0.3, 0.4) is 0 Å². The first kappa shape index (κ1) is 21.4. The highest BCUT2D eigenvalue weighted by Crippen LogP contribution is 2.36. The largest absolute Gasteiger partial charge is 0.497 e. The number of H-pyrrole nitrogens is 1. The van der Waals surface area contributed by atoms with Gasteiger partial charge in [-0.2, -0.15) is 4.98 Å². The van der Waals surface area contributed by atoms with Crippen LogP contribution >= 0.6 is 11.8 Å². The summed E-state index contributed by atoms with van der Waals surface area (Å²) in [4.78, 5) is 23.8. The molecule has 0 aliphatic rings. The molecule has 2 heterocycles. The zero-order chi connectivity index (χ0) is 22.5. The van der Waals surface area contributed by atoms with Crippen LogP contribution in [0, 0.1) is 0 Å². The van der Waals surface area contributed by atoms with E-state index in [1.54, 1.807) is 27.4 Å². The highest BCUT2D eigenvalue weighted by atomic mass is 32.2. The number of methoxy groups -OCH3 is 3. The van der Waals surface area contributed by atoms with Gasteiger partial charge in [-0.05, 0) is 36.4 Å². The number of nitrogens with one attached hydrogen (secondary N) is 1. The number of aromatic nitrogens is 4. The molecule has 2 aromatic heterocycles. The van der Waals surface area contributed by atoms with Gasteiger partial charge in [0.2, 0.25) is 11.7 Å². The highest BCUT2D eigenvalue weighted by molar-refractivity contribution is 7.98. The van der Waals surface area contributed by atoms with E-state index < -0.39 is 0 Å². The van der Waals surface area contributed by atoms with E-state index in [9.17, 15) is 4.79 Å². The van der Waals surface area contributed by atoms with E-state index in [2.05, 4.69) is 20.1 Å². The molecule has 0 unspecified atom stereocenters. The number of thioether (sulfide) groups is 1. The van der Waals surface area contributed by atoms with E-state index in [0.717, 1.165) is 11.3 Å². The summed E-state index contributed by atoms with van der Waals surface area (Å²) >= 11 is 1.29. The molecule has 4 aromatic rings.